The van der Waals surface area contributed by atoms with E-state index in [0.717, 1.165) is 36.9 Å². The topological polar surface area (TPSA) is 47.3 Å². The Morgan fingerprint density at radius 1 is 0.842 bits per heavy atom. The predicted molar refractivity (Wildman–Crippen MR) is 77.4 cm³/mol. The highest BCUT2D eigenvalue weighted by molar-refractivity contribution is 4.90. The molecule has 4 unspecified atom stereocenters. The summed E-state index contributed by atoms with van der Waals surface area (Å²) in [5.41, 5.74) is 3.18. The fourth-order valence-corrected chi connectivity index (χ4v) is 4.97. The van der Waals surface area contributed by atoms with E-state index in [1.807, 2.05) is 0 Å². The number of nitrogens with one attached hydrogen (secondary N) is 1. The monoisotopic (exact) mass is 266 g/mol. The molecule has 0 aromatic carbocycles. The Morgan fingerprint density at radius 2 is 1.58 bits per heavy atom. The Morgan fingerprint density at radius 3 is 2.32 bits per heavy atom. The van der Waals surface area contributed by atoms with Crippen LogP contribution >= 0.6 is 0 Å². The molecule has 0 aromatic rings. The zero-order valence-electron chi connectivity index (χ0n) is 12.2. The molecule has 3 nitrogen and oxygen atoms in total. The van der Waals surface area contributed by atoms with Crippen molar-refractivity contribution in [2.45, 2.75) is 63.8 Å². The molecular formula is C16H30N2O. The first-order valence-electron chi connectivity index (χ1n) is 8.42. The summed E-state index contributed by atoms with van der Waals surface area (Å²) in [4.78, 5) is 0. The van der Waals surface area contributed by atoms with Gasteiger partial charge in [-0.25, -0.2) is 0 Å². The number of nitrogens with two attached hydrogens (primary N) is 1. The van der Waals surface area contributed by atoms with Crippen LogP contribution in [0.25, 0.3) is 0 Å². The third kappa shape index (κ3) is 3.14. The van der Waals surface area contributed by atoms with E-state index in [9.17, 15) is 0 Å². The van der Waals surface area contributed by atoms with Gasteiger partial charge in [0.25, 0.3) is 0 Å². The predicted octanol–water partition coefficient (Wildman–Crippen LogP) is 2.85. The highest BCUT2D eigenvalue weighted by Crippen LogP contribution is 2.44. The first-order chi connectivity index (χ1) is 9.38. The van der Waals surface area contributed by atoms with Gasteiger partial charge in [0, 0.05) is 19.3 Å². The molecule has 0 amide bonds. The van der Waals surface area contributed by atoms with Gasteiger partial charge in [-0.2, -0.15) is 0 Å². The molecule has 3 N–H and O–H groups in total. The third-order valence-electron chi connectivity index (χ3n) is 6.05. The normalized spacial score (nSPS) is 38.7. The summed E-state index contributed by atoms with van der Waals surface area (Å²) in [6.45, 7) is 1.86. The maximum atomic E-state index is 5.91. The first kappa shape index (κ1) is 13.8. The average molecular weight is 266 g/mol. The lowest BCUT2D eigenvalue weighted by Gasteiger charge is -2.44. The van der Waals surface area contributed by atoms with E-state index >= 15 is 0 Å². The maximum absolute atomic E-state index is 5.91. The number of fused-ring (bicyclic) bond motifs is 1. The van der Waals surface area contributed by atoms with Crippen molar-refractivity contribution in [1.82, 2.24) is 5.43 Å². The van der Waals surface area contributed by atoms with E-state index in [-0.39, 0.29) is 0 Å². The Hall–Kier alpha value is -0.120. The van der Waals surface area contributed by atoms with Crippen LogP contribution in [0.5, 0.6) is 0 Å². The third-order valence-corrected chi connectivity index (χ3v) is 6.05. The first-order valence-corrected chi connectivity index (χ1v) is 8.42. The van der Waals surface area contributed by atoms with Gasteiger partial charge in [0.05, 0.1) is 0 Å². The molecule has 110 valence electrons. The van der Waals surface area contributed by atoms with Crippen LogP contribution in [0.4, 0.5) is 0 Å². The van der Waals surface area contributed by atoms with Crippen molar-refractivity contribution < 1.29 is 4.74 Å². The number of rotatable bonds is 3. The number of hydrogen-bond acceptors (Lipinski definition) is 3. The molecule has 19 heavy (non-hydrogen) atoms. The zero-order chi connectivity index (χ0) is 13.1. The molecule has 0 bridgehead atoms. The minimum Gasteiger partial charge on any atom is -0.381 e. The maximum Gasteiger partial charge on any atom is 0.0469 e. The van der Waals surface area contributed by atoms with Crippen molar-refractivity contribution in [3.05, 3.63) is 0 Å². The van der Waals surface area contributed by atoms with Crippen LogP contribution in [0.3, 0.4) is 0 Å². The summed E-state index contributed by atoms with van der Waals surface area (Å²) in [5.74, 6) is 9.51. The van der Waals surface area contributed by atoms with Crippen LogP contribution in [0.1, 0.15) is 57.8 Å². The van der Waals surface area contributed by atoms with Crippen molar-refractivity contribution in [3.8, 4) is 0 Å². The minimum atomic E-state index is 0.534. The van der Waals surface area contributed by atoms with Crippen LogP contribution in [0, 0.1) is 23.7 Å². The fourth-order valence-electron chi connectivity index (χ4n) is 4.97. The SMILES string of the molecule is NNC(C1CCOCC1)C1CCC2CCCCC2C1. The van der Waals surface area contributed by atoms with Crippen molar-refractivity contribution in [3.63, 3.8) is 0 Å². The summed E-state index contributed by atoms with van der Waals surface area (Å²) in [7, 11) is 0. The van der Waals surface area contributed by atoms with E-state index in [1.54, 1.807) is 0 Å². The second kappa shape index (κ2) is 6.55. The van der Waals surface area contributed by atoms with E-state index in [0.29, 0.717) is 6.04 Å². The molecule has 1 saturated heterocycles. The lowest BCUT2D eigenvalue weighted by molar-refractivity contribution is 0.0280. The molecule has 0 radical (unpaired) electrons. The lowest BCUT2D eigenvalue weighted by Crippen LogP contribution is -2.49. The van der Waals surface area contributed by atoms with Crippen LogP contribution in [-0.4, -0.2) is 19.3 Å². The molecule has 0 spiro atoms. The molecule has 2 aliphatic carbocycles. The fraction of sp³-hybridized carbons (Fsp3) is 1.00. The summed E-state index contributed by atoms with van der Waals surface area (Å²) >= 11 is 0. The molecule has 1 aliphatic heterocycles. The van der Waals surface area contributed by atoms with Gasteiger partial charge < -0.3 is 4.74 Å². The van der Waals surface area contributed by atoms with Gasteiger partial charge in [-0.15, -0.1) is 0 Å². The smallest absolute Gasteiger partial charge is 0.0469 e. The van der Waals surface area contributed by atoms with Crippen molar-refractivity contribution in [2.75, 3.05) is 13.2 Å². The van der Waals surface area contributed by atoms with E-state index in [4.69, 9.17) is 10.6 Å². The number of hydrazine groups is 1. The minimum absolute atomic E-state index is 0.534. The van der Waals surface area contributed by atoms with Gasteiger partial charge in [-0.3, -0.25) is 11.3 Å². The van der Waals surface area contributed by atoms with Gasteiger partial charge in [-0.05, 0) is 55.8 Å². The summed E-state index contributed by atoms with van der Waals surface area (Å²) < 4.78 is 5.50. The highest BCUT2D eigenvalue weighted by Gasteiger charge is 2.37. The van der Waals surface area contributed by atoms with Crippen molar-refractivity contribution in [2.24, 2.45) is 29.5 Å². The molecule has 2 saturated carbocycles. The Labute approximate surface area is 117 Å². The Balaban J connectivity index is 1.60. The molecule has 3 heteroatoms. The summed E-state index contributed by atoms with van der Waals surface area (Å²) in [5, 5.41) is 0. The van der Waals surface area contributed by atoms with Crippen LogP contribution < -0.4 is 11.3 Å². The molecular weight excluding hydrogens is 236 g/mol. The van der Waals surface area contributed by atoms with Crippen LogP contribution in [0.15, 0.2) is 0 Å². The van der Waals surface area contributed by atoms with Gasteiger partial charge in [-0.1, -0.05) is 25.7 Å². The second-order valence-corrected chi connectivity index (χ2v) is 7.02. The van der Waals surface area contributed by atoms with Crippen molar-refractivity contribution >= 4 is 0 Å². The quantitative estimate of drug-likeness (QED) is 0.610. The van der Waals surface area contributed by atoms with Crippen molar-refractivity contribution in [1.29, 1.82) is 0 Å². The molecule has 0 aromatic heterocycles. The standard InChI is InChI=1S/C16H30N2O/c17-18-16(13-7-9-19-10-8-13)15-6-5-12-3-1-2-4-14(12)11-15/h12-16,18H,1-11,17H2. The highest BCUT2D eigenvalue weighted by atomic mass is 16.5. The lowest BCUT2D eigenvalue weighted by atomic mass is 9.64. The second-order valence-electron chi connectivity index (χ2n) is 7.02. The van der Waals surface area contributed by atoms with E-state index < -0.39 is 0 Å². The molecule has 3 fully saturated rings. The zero-order valence-corrected chi connectivity index (χ0v) is 12.2. The summed E-state index contributed by atoms with van der Waals surface area (Å²) in [6.07, 6.45) is 12.6. The Kier molecular flexibility index (Phi) is 4.78. The largest absolute Gasteiger partial charge is 0.381 e. The molecule has 1 heterocycles. The van der Waals surface area contributed by atoms with Crippen LogP contribution in [0.2, 0.25) is 0 Å². The molecule has 3 aliphatic rings. The van der Waals surface area contributed by atoms with Gasteiger partial charge in [0.15, 0.2) is 0 Å². The van der Waals surface area contributed by atoms with Crippen LogP contribution in [-0.2, 0) is 4.74 Å². The average Bonchev–Trinajstić information content (AvgIpc) is 2.49. The molecule has 4 atom stereocenters. The number of ether oxygens (including phenoxy) is 1. The van der Waals surface area contributed by atoms with Gasteiger partial charge in [0.2, 0.25) is 0 Å². The van der Waals surface area contributed by atoms with E-state index in [1.165, 1.54) is 57.8 Å². The number of hydrogen-bond donors (Lipinski definition) is 2. The summed E-state index contributed by atoms with van der Waals surface area (Å²) in [6, 6.07) is 0.534. The van der Waals surface area contributed by atoms with Gasteiger partial charge in [0.1, 0.15) is 0 Å². The molecule has 3 rings (SSSR count). The van der Waals surface area contributed by atoms with Gasteiger partial charge >= 0.3 is 0 Å². The Bertz CT molecular complexity index is 278. The van der Waals surface area contributed by atoms with E-state index in [2.05, 4.69) is 5.43 Å².